The highest BCUT2D eigenvalue weighted by Gasteiger charge is 2.32. The molecule has 1 fully saturated rings. The van der Waals surface area contributed by atoms with Gasteiger partial charge in [-0.25, -0.2) is 9.78 Å². The van der Waals surface area contributed by atoms with Gasteiger partial charge in [-0.3, -0.25) is 4.79 Å². The summed E-state index contributed by atoms with van der Waals surface area (Å²) in [6.45, 7) is 11.7. The van der Waals surface area contributed by atoms with E-state index in [0.29, 0.717) is 32.0 Å². The zero-order valence-electron chi connectivity index (χ0n) is 14.6. The number of rotatable bonds is 2. The van der Waals surface area contributed by atoms with Crippen LogP contribution in [-0.4, -0.2) is 51.8 Å². The van der Waals surface area contributed by atoms with Crippen LogP contribution in [0.4, 0.5) is 10.6 Å². The summed E-state index contributed by atoms with van der Waals surface area (Å²) in [5.41, 5.74) is -0.600. The molecule has 1 aromatic rings. The SMILES string of the molecule is CCn1ccnc(N2CCN(C(=O)OC(C)(C)C)[C@H](C)C2)c1=O. The van der Waals surface area contributed by atoms with Crippen molar-refractivity contribution < 1.29 is 9.53 Å². The van der Waals surface area contributed by atoms with Gasteiger partial charge < -0.3 is 19.1 Å². The highest BCUT2D eigenvalue weighted by molar-refractivity contribution is 5.69. The van der Waals surface area contributed by atoms with Crippen LogP contribution in [0.15, 0.2) is 17.2 Å². The number of hydrogen-bond donors (Lipinski definition) is 0. The Morgan fingerprint density at radius 2 is 2.09 bits per heavy atom. The zero-order valence-corrected chi connectivity index (χ0v) is 14.6. The van der Waals surface area contributed by atoms with E-state index >= 15 is 0 Å². The van der Waals surface area contributed by atoms with Crippen LogP contribution in [0.3, 0.4) is 0 Å². The Balaban J connectivity index is 2.10. The van der Waals surface area contributed by atoms with Crippen LogP contribution >= 0.6 is 0 Å². The number of hydrogen-bond acceptors (Lipinski definition) is 5. The van der Waals surface area contributed by atoms with Gasteiger partial charge in [0.05, 0.1) is 0 Å². The van der Waals surface area contributed by atoms with E-state index in [0.717, 1.165) is 0 Å². The fourth-order valence-electron chi connectivity index (χ4n) is 2.64. The van der Waals surface area contributed by atoms with Crippen LogP contribution in [0.5, 0.6) is 0 Å². The molecular formula is C16H26N4O3. The minimum absolute atomic E-state index is 0.0462. The highest BCUT2D eigenvalue weighted by atomic mass is 16.6. The van der Waals surface area contributed by atoms with Crippen molar-refractivity contribution in [2.24, 2.45) is 0 Å². The Bertz CT molecular complexity index is 620. The lowest BCUT2D eigenvalue weighted by Gasteiger charge is -2.40. The molecule has 0 unspecified atom stereocenters. The predicted octanol–water partition coefficient (Wildman–Crippen LogP) is 1.71. The molecule has 2 rings (SSSR count). The van der Waals surface area contributed by atoms with Crippen LogP contribution in [-0.2, 0) is 11.3 Å². The van der Waals surface area contributed by atoms with E-state index in [1.807, 2.05) is 39.5 Å². The van der Waals surface area contributed by atoms with Crippen molar-refractivity contribution in [1.82, 2.24) is 14.5 Å². The van der Waals surface area contributed by atoms with Gasteiger partial charge in [-0.1, -0.05) is 0 Å². The zero-order chi connectivity index (χ0) is 17.2. The average molecular weight is 322 g/mol. The second kappa shape index (κ2) is 6.60. The lowest BCUT2D eigenvalue weighted by molar-refractivity contribution is 0.0158. The second-order valence-corrected chi connectivity index (χ2v) is 6.81. The molecule has 1 aliphatic rings. The smallest absolute Gasteiger partial charge is 0.410 e. The van der Waals surface area contributed by atoms with Gasteiger partial charge in [0.2, 0.25) is 0 Å². The first kappa shape index (κ1) is 17.3. The second-order valence-electron chi connectivity index (χ2n) is 6.81. The molecule has 0 radical (unpaired) electrons. The van der Waals surface area contributed by atoms with E-state index in [4.69, 9.17) is 4.74 Å². The summed E-state index contributed by atoms with van der Waals surface area (Å²) in [5.74, 6) is 0.449. The molecule has 23 heavy (non-hydrogen) atoms. The standard InChI is InChI=1S/C16H26N4O3/c1-6-18-8-7-17-13(14(18)21)19-9-10-20(12(2)11-19)15(22)23-16(3,4)5/h7-8,12H,6,9-11H2,1-5H3/t12-/m1/s1. The number of anilines is 1. The molecule has 0 aromatic carbocycles. The van der Waals surface area contributed by atoms with Crippen molar-refractivity contribution in [1.29, 1.82) is 0 Å². The number of aryl methyl sites for hydroxylation is 1. The molecule has 1 atom stereocenters. The minimum atomic E-state index is -0.510. The van der Waals surface area contributed by atoms with Gasteiger partial charge in [-0.2, -0.15) is 0 Å². The summed E-state index contributed by atoms with van der Waals surface area (Å²) in [5, 5.41) is 0. The monoisotopic (exact) mass is 322 g/mol. The largest absolute Gasteiger partial charge is 0.444 e. The molecule has 0 aliphatic carbocycles. The molecular weight excluding hydrogens is 296 g/mol. The molecule has 128 valence electrons. The third-order valence-corrected chi connectivity index (χ3v) is 3.79. The van der Waals surface area contributed by atoms with Crippen LogP contribution < -0.4 is 10.5 Å². The van der Waals surface area contributed by atoms with Gasteiger partial charge in [0, 0.05) is 44.6 Å². The Kier molecular flexibility index (Phi) is 4.97. The Labute approximate surface area is 136 Å². The van der Waals surface area contributed by atoms with Gasteiger partial charge >= 0.3 is 6.09 Å². The Hall–Kier alpha value is -2.05. The lowest BCUT2D eigenvalue weighted by Crippen LogP contribution is -2.56. The quantitative estimate of drug-likeness (QED) is 0.829. The number of carbonyl (C=O) groups excluding carboxylic acids is 1. The molecule has 7 nitrogen and oxygen atoms in total. The summed E-state index contributed by atoms with van der Waals surface area (Å²) in [6, 6.07) is -0.0462. The minimum Gasteiger partial charge on any atom is -0.444 e. The summed E-state index contributed by atoms with van der Waals surface area (Å²) in [6.07, 6.45) is 3.02. The van der Waals surface area contributed by atoms with Crippen LogP contribution in [0.1, 0.15) is 34.6 Å². The van der Waals surface area contributed by atoms with Crippen molar-refractivity contribution in [3.8, 4) is 0 Å². The molecule has 0 spiro atoms. The molecule has 7 heteroatoms. The first-order chi connectivity index (χ1) is 10.7. The fraction of sp³-hybridized carbons (Fsp3) is 0.688. The summed E-state index contributed by atoms with van der Waals surface area (Å²) >= 11 is 0. The van der Waals surface area contributed by atoms with Crippen molar-refractivity contribution in [3.63, 3.8) is 0 Å². The highest BCUT2D eigenvalue weighted by Crippen LogP contribution is 2.17. The van der Waals surface area contributed by atoms with E-state index in [-0.39, 0.29) is 17.7 Å². The Morgan fingerprint density at radius 3 is 2.65 bits per heavy atom. The maximum Gasteiger partial charge on any atom is 0.410 e. The maximum absolute atomic E-state index is 12.4. The van der Waals surface area contributed by atoms with E-state index in [2.05, 4.69) is 4.98 Å². The first-order valence-electron chi connectivity index (χ1n) is 8.03. The summed E-state index contributed by atoms with van der Waals surface area (Å²) in [4.78, 5) is 32.5. The third kappa shape index (κ3) is 4.03. The van der Waals surface area contributed by atoms with Crippen molar-refractivity contribution in [2.45, 2.75) is 52.8 Å². The topological polar surface area (TPSA) is 67.7 Å². The maximum atomic E-state index is 12.4. The lowest BCUT2D eigenvalue weighted by atomic mass is 10.2. The van der Waals surface area contributed by atoms with E-state index in [1.54, 1.807) is 21.9 Å². The third-order valence-electron chi connectivity index (χ3n) is 3.79. The summed E-state index contributed by atoms with van der Waals surface area (Å²) in [7, 11) is 0. The normalized spacial score (nSPS) is 18.9. The molecule has 0 saturated carbocycles. The van der Waals surface area contributed by atoms with Gasteiger partial charge in [-0.15, -0.1) is 0 Å². The van der Waals surface area contributed by atoms with Gasteiger partial charge in [0.25, 0.3) is 5.56 Å². The Morgan fingerprint density at radius 1 is 1.39 bits per heavy atom. The van der Waals surface area contributed by atoms with Gasteiger partial charge in [-0.05, 0) is 34.6 Å². The van der Waals surface area contributed by atoms with Crippen LogP contribution in [0, 0.1) is 0 Å². The number of aromatic nitrogens is 2. The van der Waals surface area contributed by atoms with Gasteiger partial charge in [0.15, 0.2) is 5.82 Å². The van der Waals surface area contributed by atoms with E-state index in [9.17, 15) is 9.59 Å². The van der Waals surface area contributed by atoms with Crippen molar-refractivity contribution in [2.75, 3.05) is 24.5 Å². The number of piperazine rings is 1. The van der Waals surface area contributed by atoms with E-state index < -0.39 is 5.60 Å². The number of nitrogens with zero attached hydrogens (tertiary/aromatic N) is 4. The average Bonchev–Trinajstić information content (AvgIpc) is 2.45. The molecule has 2 heterocycles. The number of ether oxygens (including phenoxy) is 1. The molecule has 0 N–H and O–H groups in total. The molecule has 1 aliphatic heterocycles. The molecule has 0 bridgehead atoms. The van der Waals surface area contributed by atoms with Gasteiger partial charge in [0.1, 0.15) is 5.60 Å². The van der Waals surface area contributed by atoms with Crippen LogP contribution in [0.25, 0.3) is 0 Å². The van der Waals surface area contributed by atoms with E-state index in [1.165, 1.54) is 0 Å². The fourth-order valence-corrected chi connectivity index (χ4v) is 2.64. The van der Waals surface area contributed by atoms with Crippen LogP contribution in [0.2, 0.25) is 0 Å². The predicted molar refractivity (Wildman–Crippen MR) is 88.8 cm³/mol. The van der Waals surface area contributed by atoms with Crippen molar-refractivity contribution >= 4 is 11.9 Å². The number of amides is 1. The summed E-state index contributed by atoms with van der Waals surface area (Å²) < 4.78 is 7.07. The first-order valence-corrected chi connectivity index (χ1v) is 8.03. The molecule has 1 aromatic heterocycles. The number of carbonyl (C=O) groups is 1. The molecule has 1 saturated heterocycles. The van der Waals surface area contributed by atoms with Crippen molar-refractivity contribution in [3.05, 3.63) is 22.7 Å². The molecule has 1 amide bonds.